The second kappa shape index (κ2) is 3.16. The molecule has 0 fully saturated rings. The lowest BCUT2D eigenvalue weighted by Gasteiger charge is -2.05. The van der Waals surface area contributed by atoms with Crippen LogP contribution in [0, 0.1) is 0 Å². The van der Waals surface area contributed by atoms with Crippen molar-refractivity contribution >= 4 is 11.4 Å². The van der Waals surface area contributed by atoms with Gasteiger partial charge in [-0.2, -0.15) is 0 Å². The van der Waals surface area contributed by atoms with Gasteiger partial charge in [0, 0.05) is 6.07 Å². The van der Waals surface area contributed by atoms with E-state index in [0.717, 1.165) is 12.1 Å². The first kappa shape index (κ1) is 8.44. The predicted molar refractivity (Wildman–Crippen MR) is 38.4 cm³/mol. The van der Waals surface area contributed by atoms with E-state index in [1.165, 1.54) is 11.0 Å². The van der Waals surface area contributed by atoms with E-state index in [-0.39, 0.29) is 11.4 Å². The standard InChI is InChI=1S/C6H6N2O4/c9-5-2-6(10)4(8-12)1-3(5)7-11/h1-2,7-10H. The van der Waals surface area contributed by atoms with Gasteiger partial charge >= 0.3 is 0 Å². The Labute approximate surface area is 67.6 Å². The molecule has 0 bridgehead atoms. The Morgan fingerprint density at radius 3 is 1.67 bits per heavy atom. The quantitative estimate of drug-likeness (QED) is 0.296. The van der Waals surface area contributed by atoms with E-state index < -0.39 is 11.5 Å². The monoisotopic (exact) mass is 170 g/mol. The lowest BCUT2D eigenvalue weighted by molar-refractivity contribution is 0.268. The molecule has 12 heavy (non-hydrogen) atoms. The summed E-state index contributed by atoms with van der Waals surface area (Å²) in [7, 11) is 0. The fourth-order valence-corrected chi connectivity index (χ4v) is 0.741. The fourth-order valence-electron chi connectivity index (χ4n) is 0.741. The summed E-state index contributed by atoms with van der Waals surface area (Å²) in [6.07, 6.45) is 0. The maximum absolute atomic E-state index is 10.1. The van der Waals surface area contributed by atoms with Gasteiger partial charge in [-0.3, -0.25) is 0 Å². The normalized spacial score (nSPS) is 9.50. The molecule has 6 heteroatoms. The van der Waals surface area contributed by atoms with Crippen LogP contribution in [-0.2, 0) is 10.4 Å². The van der Waals surface area contributed by atoms with Crippen molar-refractivity contribution in [2.24, 2.45) is 0 Å². The van der Waals surface area contributed by atoms with Gasteiger partial charge in [-0.05, 0) is 6.07 Å². The van der Waals surface area contributed by atoms with Gasteiger partial charge in [0.15, 0.2) is 0 Å². The Balaban J connectivity index is 3.18. The number of hydrogen-bond donors (Lipinski definition) is 4. The molecule has 6 nitrogen and oxygen atoms in total. The molecule has 0 aliphatic heterocycles. The summed E-state index contributed by atoms with van der Waals surface area (Å²) in [5, 5.41) is 38.1. The van der Waals surface area contributed by atoms with Gasteiger partial charge in [0.1, 0.15) is 22.9 Å². The van der Waals surface area contributed by atoms with Crippen LogP contribution in [0.25, 0.3) is 0 Å². The Bertz CT molecular complexity index is 264. The number of phenols is 2. The molecule has 0 heterocycles. The molecule has 0 spiro atoms. The van der Waals surface area contributed by atoms with Crippen LogP contribution in [0.5, 0.6) is 11.5 Å². The second-order valence-corrected chi connectivity index (χ2v) is 2.09. The van der Waals surface area contributed by atoms with E-state index in [1.54, 1.807) is 0 Å². The summed E-state index contributed by atoms with van der Waals surface area (Å²) in [5.74, 6) is -0.831. The van der Waals surface area contributed by atoms with Gasteiger partial charge in [-0.25, -0.2) is 11.0 Å². The van der Waals surface area contributed by atoms with E-state index in [1.807, 2.05) is 0 Å². The van der Waals surface area contributed by atoms with Crippen LogP contribution in [0.4, 0.5) is 11.4 Å². The molecule has 1 aromatic carbocycles. The molecule has 0 aromatic heterocycles. The highest BCUT2D eigenvalue weighted by Crippen LogP contribution is 2.34. The number of hydrogen-bond acceptors (Lipinski definition) is 4. The van der Waals surface area contributed by atoms with E-state index in [9.17, 15) is 10.4 Å². The fraction of sp³-hybridized carbons (Fsp3) is 0. The minimum atomic E-state index is -0.415. The van der Waals surface area contributed by atoms with Gasteiger partial charge < -0.3 is 10.2 Å². The first-order chi connectivity index (χ1) is 5.69. The molecule has 0 unspecified atom stereocenters. The second-order valence-electron chi connectivity index (χ2n) is 2.09. The average Bonchev–Trinajstić information content (AvgIpc) is 2.05. The highest BCUT2D eigenvalue weighted by molar-refractivity contribution is 5.68. The third-order valence-electron chi connectivity index (χ3n) is 1.33. The lowest BCUT2D eigenvalue weighted by atomic mass is 10.2. The lowest BCUT2D eigenvalue weighted by Crippen LogP contribution is -1.92. The molecule has 1 aromatic rings. The zero-order valence-corrected chi connectivity index (χ0v) is 5.87. The minimum Gasteiger partial charge on any atom is -0.506 e. The molecule has 0 amide bonds. The third kappa shape index (κ3) is 1.34. The summed E-state index contributed by atoms with van der Waals surface area (Å²) in [5.41, 5.74) is 2.46. The van der Waals surface area contributed by atoms with Crippen LogP contribution < -0.4 is 11.0 Å². The molecule has 0 atom stereocenters. The van der Waals surface area contributed by atoms with Crippen LogP contribution in [0.15, 0.2) is 12.1 Å². The van der Waals surface area contributed by atoms with Crippen LogP contribution in [-0.4, -0.2) is 10.2 Å². The minimum absolute atomic E-state index is 0.175. The topological polar surface area (TPSA) is 104 Å². The predicted octanol–water partition coefficient (Wildman–Crippen LogP) is 0.613. The van der Waals surface area contributed by atoms with Crippen molar-refractivity contribution in [1.82, 2.24) is 0 Å². The SMILES string of the molecule is [O]Nc1cc(N[O])c(O)cc1O. The van der Waals surface area contributed by atoms with Crippen molar-refractivity contribution in [3.8, 4) is 11.5 Å². The van der Waals surface area contributed by atoms with Gasteiger partial charge in [-0.1, -0.05) is 10.4 Å². The molecule has 0 saturated carbocycles. The van der Waals surface area contributed by atoms with Crippen molar-refractivity contribution in [1.29, 1.82) is 0 Å². The van der Waals surface area contributed by atoms with Crippen LogP contribution in [0.2, 0.25) is 0 Å². The summed E-state index contributed by atoms with van der Waals surface area (Å²) in [4.78, 5) is 0. The maximum atomic E-state index is 10.1. The van der Waals surface area contributed by atoms with Gasteiger partial charge in [0.05, 0.1) is 0 Å². The number of rotatable bonds is 2. The largest absolute Gasteiger partial charge is 0.506 e. The Morgan fingerprint density at radius 2 is 1.33 bits per heavy atom. The number of aromatic hydroxyl groups is 2. The molecule has 4 N–H and O–H groups in total. The maximum Gasteiger partial charge on any atom is 0.144 e. The zero-order valence-electron chi connectivity index (χ0n) is 5.87. The molecule has 1 rings (SSSR count). The zero-order chi connectivity index (χ0) is 9.14. The summed E-state index contributed by atoms with van der Waals surface area (Å²) < 4.78 is 0. The van der Waals surface area contributed by atoms with Gasteiger partial charge in [-0.15, -0.1) is 0 Å². The van der Waals surface area contributed by atoms with Crippen LogP contribution in [0.1, 0.15) is 0 Å². The molecular weight excluding hydrogens is 164 g/mol. The van der Waals surface area contributed by atoms with E-state index in [4.69, 9.17) is 10.2 Å². The van der Waals surface area contributed by atoms with Crippen molar-refractivity contribution in [2.45, 2.75) is 0 Å². The van der Waals surface area contributed by atoms with Crippen molar-refractivity contribution in [2.75, 3.05) is 11.0 Å². The van der Waals surface area contributed by atoms with Crippen LogP contribution >= 0.6 is 0 Å². The summed E-state index contributed by atoms with van der Waals surface area (Å²) in [6.45, 7) is 0. The van der Waals surface area contributed by atoms with Crippen molar-refractivity contribution in [3.05, 3.63) is 12.1 Å². The van der Waals surface area contributed by atoms with Crippen molar-refractivity contribution < 1.29 is 20.6 Å². The number of phenolic OH excluding ortho intramolecular Hbond substituents is 2. The number of benzene rings is 1. The van der Waals surface area contributed by atoms with E-state index in [0.29, 0.717) is 0 Å². The highest BCUT2D eigenvalue weighted by Gasteiger charge is 2.07. The Morgan fingerprint density at radius 1 is 0.917 bits per heavy atom. The van der Waals surface area contributed by atoms with E-state index >= 15 is 0 Å². The molecule has 64 valence electrons. The summed E-state index contributed by atoms with van der Waals surface area (Å²) in [6, 6.07) is 1.89. The highest BCUT2D eigenvalue weighted by atomic mass is 16.5. The first-order valence-electron chi connectivity index (χ1n) is 3.01. The first-order valence-corrected chi connectivity index (χ1v) is 3.01. The Hall–Kier alpha value is -1.66. The molecule has 0 aliphatic carbocycles. The summed E-state index contributed by atoms with van der Waals surface area (Å²) >= 11 is 0. The third-order valence-corrected chi connectivity index (χ3v) is 1.33. The van der Waals surface area contributed by atoms with Crippen LogP contribution in [0.3, 0.4) is 0 Å². The number of anilines is 2. The average molecular weight is 170 g/mol. The smallest absolute Gasteiger partial charge is 0.144 e. The molecule has 2 radical (unpaired) electrons. The van der Waals surface area contributed by atoms with Gasteiger partial charge in [0.25, 0.3) is 0 Å². The van der Waals surface area contributed by atoms with Gasteiger partial charge in [0.2, 0.25) is 0 Å². The molecular formula is C6H6N2O4. The molecule has 0 aliphatic rings. The van der Waals surface area contributed by atoms with Crippen molar-refractivity contribution in [3.63, 3.8) is 0 Å². The van der Waals surface area contributed by atoms with E-state index in [2.05, 4.69) is 0 Å². The Kier molecular flexibility index (Phi) is 2.22. The number of nitrogens with one attached hydrogen (secondary N) is 2. The molecule has 0 saturated heterocycles.